The SMILES string of the molecule is CC1(C)OCC(C(O)c2ccc([N+](=O)[O-])cc2)([N+](=O)[O-])CO1. The second-order valence-electron chi connectivity index (χ2n) is 5.59. The molecule has 1 heterocycles. The van der Waals surface area contributed by atoms with E-state index in [1.54, 1.807) is 13.8 Å². The number of nitro benzene ring substituents is 1. The lowest BCUT2D eigenvalue weighted by molar-refractivity contribution is -0.609. The normalized spacial score (nSPS) is 21.0. The minimum Gasteiger partial charge on any atom is -0.381 e. The summed E-state index contributed by atoms with van der Waals surface area (Å²) < 4.78 is 10.6. The number of aliphatic hydroxyl groups is 1. The molecule has 0 aliphatic carbocycles. The van der Waals surface area contributed by atoms with Gasteiger partial charge in [-0.15, -0.1) is 0 Å². The summed E-state index contributed by atoms with van der Waals surface area (Å²) in [5.41, 5.74) is -1.83. The van der Waals surface area contributed by atoms with Gasteiger partial charge in [-0.2, -0.15) is 0 Å². The highest BCUT2D eigenvalue weighted by Crippen LogP contribution is 2.36. The number of nitrogens with zero attached hydrogens (tertiary/aromatic N) is 2. The lowest BCUT2D eigenvalue weighted by Gasteiger charge is -2.39. The van der Waals surface area contributed by atoms with Crippen molar-refractivity contribution in [3.05, 3.63) is 50.1 Å². The number of hydrogen-bond acceptors (Lipinski definition) is 7. The molecule has 0 saturated carbocycles. The van der Waals surface area contributed by atoms with E-state index in [0.29, 0.717) is 0 Å². The molecule has 1 aromatic rings. The van der Waals surface area contributed by atoms with Crippen molar-refractivity contribution in [2.24, 2.45) is 0 Å². The van der Waals surface area contributed by atoms with Crippen LogP contribution in [0.25, 0.3) is 0 Å². The summed E-state index contributed by atoms with van der Waals surface area (Å²) in [6, 6.07) is 4.93. The van der Waals surface area contributed by atoms with E-state index in [4.69, 9.17) is 9.47 Å². The van der Waals surface area contributed by atoms with Gasteiger partial charge in [0.25, 0.3) is 11.2 Å². The van der Waals surface area contributed by atoms with Crippen LogP contribution in [0, 0.1) is 20.2 Å². The summed E-state index contributed by atoms with van der Waals surface area (Å²) >= 11 is 0. The quantitative estimate of drug-likeness (QED) is 0.658. The van der Waals surface area contributed by atoms with Crippen molar-refractivity contribution in [2.45, 2.75) is 31.3 Å². The van der Waals surface area contributed by atoms with E-state index in [-0.39, 0.29) is 24.5 Å². The lowest BCUT2D eigenvalue weighted by Crippen LogP contribution is -2.59. The molecule has 0 spiro atoms. The molecule has 0 radical (unpaired) electrons. The zero-order chi connectivity index (χ0) is 16.5. The Bertz CT molecular complexity index is 575. The third-order valence-electron chi connectivity index (χ3n) is 3.63. The maximum atomic E-state index is 11.5. The third-order valence-corrected chi connectivity index (χ3v) is 3.63. The van der Waals surface area contributed by atoms with Gasteiger partial charge in [0.15, 0.2) is 11.9 Å². The number of aliphatic hydroxyl groups excluding tert-OH is 1. The highest BCUT2D eigenvalue weighted by atomic mass is 16.7. The monoisotopic (exact) mass is 312 g/mol. The van der Waals surface area contributed by atoms with E-state index in [9.17, 15) is 25.3 Å². The predicted molar refractivity (Wildman–Crippen MR) is 73.8 cm³/mol. The van der Waals surface area contributed by atoms with Crippen molar-refractivity contribution in [2.75, 3.05) is 13.2 Å². The molecule has 22 heavy (non-hydrogen) atoms. The molecule has 0 amide bonds. The molecular weight excluding hydrogens is 296 g/mol. The van der Waals surface area contributed by atoms with Gasteiger partial charge in [-0.3, -0.25) is 20.2 Å². The van der Waals surface area contributed by atoms with Crippen LogP contribution in [-0.2, 0) is 9.47 Å². The van der Waals surface area contributed by atoms with Crippen LogP contribution >= 0.6 is 0 Å². The van der Waals surface area contributed by atoms with Crippen LogP contribution in [-0.4, -0.2) is 39.5 Å². The average Bonchev–Trinajstić information content (AvgIpc) is 2.46. The summed E-state index contributed by atoms with van der Waals surface area (Å²) in [5, 5.41) is 32.5. The van der Waals surface area contributed by atoms with E-state index < -0.39 is 27.3 Å². The zero-order valence-corrected chi connectivity index (χ0v) is 12.1. The topological polar surface area (TPSA) is 125 Å². The largest absolute Gasteiger partial charge is 0.381 e. The van der Waals surface area contributed by atoms with Crippen LogP contribution in [0.4, 0.5) is 5.69 Å². The van der Waals surface area contributed by atoms with Crippen molar-refractivity contribution >= 4 is 5.69 Å². The highest BCUT2D eigenvalue weighted by Gasteiger charge is 2.56. The molecule has 2 rings (SSSR count). The maximum absolute atomic E-state index is 11.5. The van der Waals surface area contributed by atoms with Crippen molar-refractivity contribution in [3.8, 4) is 0 Å². The molecule has 9 heteroatoms. The Balaban J connectivity index is 2.29. The number of hydrogen-bond donors (Lipinski definition) is 1. The summed E-state index contributed by atoms with van der Waals surface area (Å²) in [6.07, 6.45) is -1.51. The summed E-state index contributed by atoms with van der Waals surface area (Å²) in [7, 11) is 0. The minimum atomic E-state index is -1.86. The standard InChI is InChI=1S/C13H16N2O7/c1-12(2)21-7-13(8-22-12,15(19)20)11(16)9-3-5-10(6-4-9)14(17)18/h3-6,11,16H,7-8H2,1-2H3. The number of nitro groups is 2. The van der Waals surface area contributed by atoms with E-state index >= 15 is 0 Å². The smallest absolute Gasteiger partial charge is 0.297 e. The number of benzene rings is 1. The van der Waals surface area contributed by atoms with Gasteiger partial charge >= 0.3 is 0 Å². The molecule has 1 N–H and O–H groups in total. The van der Waals surface area contributed by atoms with Gasteiger partial charge in [0.2, 0.25) is 0 Å². The first-order valence-corrected chi connectivity index (χ1v) is 6.53. The van der Waals surface area contributed by atoms with Gasteiger partial charge in [-0.05, 0) is 31.5 Å². The molecule has 9 nitrogen and oxygen atoms in total. The third kappa shape index (κ3) is 2.91. The van der Waals surface area contributed by atoms with Gasteiger partial charge in [0, 0.05) is 17.1 Å². The van der Waals surface area contributed by atoms with Crippen LogP contribution < -0.4 is 0 Å². The Morgan fingerprint density at radius 2 is 1.64 bits per heavy atom. The molecule has 1 saturated heterocycles. The van der Waals surface area contributed by atoms with E-state index in [2.05, 4.69) is 0 Å². The first-order valence-electron chi connectivity index (χ1n) is 6.53. The molecule has 120 valence electrons. The van der Waals surface area contributed by atoms with Crippen LogP contribution in [0.3, 0.4) is 0 Å². The summed E-state index contributed by atoms with van der Waals surface area (Å²) in [4.78, 5) is 20.9. The van der Waals surface area contributed by atoms with Crippen LogP contribution in [0.2, 0.25) is 0 Å². The van der Waals surface area contributed by atoms with Crippen molar-refractivity contribution in [1.29, 1.82) is 0 Å². The van der Waals surface area contributed by atoms with E-state index in [1.165, 1.54) is 24.3 Å². The first kappa shape index (κ1) is 16.3. The Hall–Kier alpha value is -2.10. The molecule has 1 atom stereocenters. The lowest BCUT2D eigenvalue weighted by atomic mass is 9.88. The first-order chi connectivity index (χ1) is 10.2. The molecule has 0 bridgehead atoms. The fourth-order valence-corrected chi connectivity index (χ4v) is 2.13. The summed E-state index contributed by atoms with van der Waals surface area (Å²) in [6.45, 7) is 2.58. The van der Waals surface area contributed by atoms with Crippen molar-refractivity contribution in [3.63, 3.8) is 0 Å². The van der Waals surface area contributed by atoms with Gasteiger partial charge in [0.1, 0.15) is 13.2 Å². The highest BCUT2D eigenvalue weighted by molar-refractivity contribution is 5.34. The maximum Gasteiger partial charge on any atom is 0.297 e. The fourth-order valence-electron chi connectivity index (χ4n) is 2.13. The zero-order valence-electron chi connectivity index (χ0n) is 12.1. The van der Waals surface area contributed by atoms with Gasteiger partial charge in [0.05, 0.1) is 4.92 Å². The number of non-ortho nitro benzene ring substituents is 1. The molecular formula is C13H16N2O7. The van der Waals surface area contributed by atoms with Crippen LogP contribution in [0.15, 0.2) is 24.3 Å². The van der Waals surface area contributed by atoms with Gasteiger partial charge < -0.3 is 14.6 Å². The second-order valence-corrected chi connectivity index (χ2v) is 5.59. The molecule has 0 aromatic heterocycles. The Kier molecular flexibility index (Phi) is 4.14. The predicted octanol–water partition coefficient (Wildman–Crippen LogP) is 1.43. The summed E-state index contributed by atoms with van der Waals surface area (Å²) in [5.74, 6) is -0.964. The molecule has 1 aromatic carbocycles. The van der Waals surface area contributed by atoms with Crippen molar-refractivity contribution in [1.82, 2.24) is 0 Å². The van der Waals surface area contributed by atoms with E-state index in [1.807, 2.05) is 0 Å². The fraction of sp³-hybridized carbons (Fsp3) is 0.538. The molecule has 1 aliphatic heterocycles. The number of ether oxygens (including phenoxy) is 2. The second kappa shape index (κ2) is 5.59. The molecule has 1 fully saturated rings. The Labute approximate surface area is 125 Å². The van der Waals surface area contributed by atoms with Crippen LogP contribution in [0.1, 0.15) is 25.5 Å². The van der Waals surface area contributed by atoms with Crippen LogP contribution in [0.5, 0.6) is 0 Å². The van der Waals surface area contributed by atoms with Crippen molar-refractivity contribution < 1.29 is 24.4 Å². The van der Waals surface area contributed by atoms with Gasteiger partial charge in [-0.1, -0.05) is 0 Å². The van der Waals surface area contributed by atoms with Gasteiger partial charge in [-0.25, -0.2) is 0 Å². The minimum absolute atomic E-state index is 0.164. The average molecular weight is 312 g/mol. The Morgan fingerprint density at radius 3 is 2.05 bits per heavy atom. The Morgan fingerprint density at radius 1 is 1.14 bits per heavy atom. The van der Waals surface area contributed by atoms with E-state index in [0.717, 1.165) is 0 Å². The number of rotatable bonds is 4. The molecule has 1 aliphatic rings. The molecule has 1 unspecified atom stereocenters.